The first kappa shape index (κ1) is 11.2. The molecule has 1 aromatic carbocycles. The summed E-state index contributed by atoms with van der Waals surface area (Å²) in [5.41, 5.74) is 1.23. The van der Waals surface area contributed by atoms with E-state index in [4.69, 9.17) is 21.7 Å². The van der Waals surface area contributed by atoms with Gasteiger partial charge in [0.1, 0.15) is 18.5 Å². The molecule has 1 heterocycles. The van der Waals surface area contributed by atoms with Crippen LogP contribution in [-0.2, 0) is 4.74 Å². The molecule has 0 aliphatic carbocycles. The van der Waals surface area contributed by atoms with Crippen molar-refractivity contribution in [2.45, 2.75) is 19.4 Å². The molecule has 1 unspecified atom stereocenters. The fourth-order valence-corrected chi connectivity index (χ4v) is 1.77. The third-order valence-electron chi connectivity index (χ3n) is 2.47. The number of benzene rings is 1. The first-order chi connectivity index (χ1) is 7.74. The van der Waals surface area contributed by atoms with Crippen LogP contribution in [0.2, 0.25) is 0 Å². The van der Waals surface area contributed by atoms with Gasteiger partial charge in [0.15, 0.2) is 0 Å². The van der Waals surface area contributed by atoms with Crippen molar-refractivity contribution in [3.8, 4) is 5.75 Å². The highest BCUT2D eigenvalue weighted by atomic mass is 32.1. The van der Waals surface area contributed by atoms with Crippen molar-refractivity contribution >= 4 is 17.4 Å². The maximum Gasteiger partial charge on any atom is 0.257 e. The van der Waals surface area contributed by atoms with E-state index in [1.165, 1.54) is 5.56 Å². The van der Waals surface area contributed by atoms with E-state index in [1.807, 2.05) is 24.3 Å². The highest BCUT2D eigenvalue weighted by molar-refractivity contribution is 7.80. The summed E-state index contributed by atoms with van der Waals surface area (Å²) in [5.74, 6) is 0.874. The van der Waals surface area contributed by atoms with Crippen molar-refractivity contribution in [1.82, 2.24) is 5.32 Å². The smallest absolute Gasteiger partial charge is 0.257 e. The Labute approximate surface area is 101 Å². The van der Waals surface area contributed by atoms with Crippen molar-refractivity contribution in [3.05, 3.63) is 29.8 Å². The van der Waals surface area contributed by atoms with Gasteiger partial charge in [0.2, 0.25) is 0 Å². The van der Waals surface area contributed by atoms with E-state index in [9.17, 15) is 0 Å². The summed E-state index contributed by atoms with van der Waals surface area (Å²) in [6, 6.07) is 8.00. The zero-order chi connectivity index (χ0) is 11.4. The Morgan fingerprint density at radius 3 is 2.88 bits per heavy atom. The lowest BCUT2D eigenvalue weighted by atomic mass is 10.2. The molecule has 1 fully saturated rings. The van der Waals surface area contributed by atoms with Crippen LogP contribution >= 0.6 is 12.2 Å². The number of rotatable bonds is 3. The molecule has 1 aliphatic rings. The quantitative estimate of drug-likeness (QED) is 0.815. The third kappa shape index (κ3) is 3.10. The number of hydrogen-bond acceptors (Lipinski definition) is 3. The standard InChI is InChI=1S/C12H15NO2S/c1-9-2-4-10(5-3-9)14-8-11-6-7-13-12(16)15-11/h2-5,11H,6-8H2,1H3,(H,13,16). The van der Waals surface area contributed by atoms with E-state index < -0.39 is 0 Å². The van der Waals surface area contributed by atoms with Crippen molar-refractivity contribution < 1.29 is 9.47 Å². The molecule has 1 saturated heterocycles. The molecule has 2 rings (SSSR count). The minimum Gasteiger partial charge on any atom is -0.490 e. The maximum absolute atomic E-state index is 5.64. The lowest BCUT2D eigenvalue weighted by Crippen LogP contribution is -2.40. The van der Waals surface area contributed by atoms with Gasteiger partial charge in [-0.2, -0.15) is 0 Å². The summed E-state index contributed by atoms with van der Waals surface area (Å²) in [5, 5.41) is 3.45. The Bertz CT molecular complexity index is 364. The average Bonchev–Trinajstić information content (AvgIpc) is 2.28. The number of thiocarbonyl (C=S) groups is 1. The molecule has 16 heavy (non-hydrogen) atoms. The summed E-state index contributed by atoms with van der Waals surface area (Å²) in [6.45, 7) is 3.46. The van der Waals surface area contributed by atoms with E-state index in [0.29, 0.717) is 11.8 Å². The Morgan fingerprint density at radius 1 is 1.44 bits per heavy atom. The van der Waals surface area contributed by atoms with Gasteiger partial charge in [-0.1, -0.05) is 17.7 Å². The fourth-order valence-electron chi connectivity index (χ4n) is 1.53. The van der Waals surface area contributed by atoms with Gasteiger partial charge in [0, 0.05) is 13.0 Å². The highest BCUT2D eigenvalue weighted by Gasteiger charge is 2.17. The Morgan fingerprint density at radius 2 is 2.19 bits per heavy atom. The van der Waals surface area contributed by atoms with Crippen LogP contribution in [0, 0.1) is 6.92 Å². The lowest BCUT2D eigenvalue weighted by Gasteiger charge is -2.25. The van der Waals surface area contributed by atoms with E-state index >= 15 is 0 Å². The summed E-state index contributed by atoms with van der Waals surface area (Å²) >= 11 is 4.94. The molecule has 86 valence electrons. The maximum atomic E-state index is 5.64. The van der Waals surface area contributed by atoms with Gasteiger partial charge in [-0.25, -0.2) is 0 Å². The van der Waals surface area contributed by atoms with Crippen LogP contribution in [0.1, 0.15) is 12.0 Å². The monoisotopic (exact) mass is 237 g/mol. The summed E-state index contributed by atoms with van der Waals surface area (Å²) in [6.07, 6.45) is 0.987. The van der Waals surface area contributed by atoms with Crippen LogP contribution in [0.4, 0.5) is 0 Å². The largest absolute Gasteiger partial charge is 0.490 e. The van der Waals surface area contributed by atoms with Gasteiger partial charge in [-0.3, -0.25) is 0 Å². The second kappa shape index (κ2) is 5.16. The topological polar surface area (TPSA) is 30.5 Å². The molecule has 1 N–H and O–H groups in total. The molecule has 0 spiro atoms. The number of hydrogen-bond donors (Lipinski definition) is 1. The van der Waals surface area contributed by atoms with E-state index in [1.54, 1.807) is 0 Å². The number of aryl methyl sites for hydroxylation is 1. The predicted octanol–water partition coefficient (Wildman–Crippen LogP) is 2.04. The van der Waals surface area contributed by atoms with Crippen LogP contribution in [0.15, 0.2) is 24.3 Å². The van der Waals surface area contributed by atoms with Crippen LogP contribution in [-0.4, -0.2) is 24.4 Å². The lowest BCUT2D eigenvalue weighted by molar-refractivity contribution is 0.0956. The summed E-state index contributed by atoms with van der Waals surface area (Å²) in [4.78, 5) is 0. The molecule has 1 aromatic rings. The molecule has 0 amide bonds. The van der Waals surface area contributed by atoms with E-state index in [0.717, 1.165) is 18.7 Å². The molecule has 0 aromatic heterocycles. The number of nitrogens with one attached hydrogen (secondary N) is 1. The van der Waals surface area contributed by atoms with E-state index in [2.05, 4.69) is 12.2 Å². The normalized spacial score (nSPS) is 19.8. The van der Waals surface area contributed by atoms with Crippen molar-refractivity contribution in [2.75, 3.05) is 13.2 Å². The summed E-state index contributed by atoms with van der Waals surface area (Å²) < 4.78 is 11.1. The van der Waals surface area contributed by atoms with E-state index in [-0.39, 0.29) is 6.10 Å². The molecule has 1 aliphatic heterocycles. The molecule has 0 saturated carbocycles. The first-order valence-corrected chi connectivity index (χ1v) is 5.79. The first-order valence-electron chi connectivity index (χ1n) is 5.38. The van der Waals surface area contributed by atoms with Crippen LogP contribution in [0.25, 0.3) is 0 Å². The Balaban J connectivity index is 1.82. The van der Waals surface area contributed by atoms with Crippen LogP contribution in [0.3, 0.4) is 0 Å². The minimum absolute atomic E-state index is 0.0649. The Hall–Kier alpha value is -1.29. The molecule has 1 atom stereocenters. The molecule has 4 heteroatoms. The average molecular weight is 237 g/mol. The highest BCUT2D eigenvalue weighted by Crippen LogP contribution is 2.13. The van der Waals surface area contributed by atoms with Crippen LogP contribution in [0.5, 0.6) is 5.75 Å². The SMILES string of the molecule is Cc1ccc(OCC2CCNC(=S)O2)cc1. The molecule has 3 nitrogen and oxygen atoms in total. The minimum atomic E-state index is 0.0649. The van der Waals surface area contributed by atoms with Crippen LogP contribution < -0.4 is 10.1 Å². The predicted molar refractivity (Wildman–Crippen MR) is 66.8 cm³/mol. The number of ether oxygens (including phenoxy) is 2. The van der Waals surface area contributed by atoms with Gasteiger partial charge < -0.3 is 14.8 Å². The van der Waals surface area contributed by atoms with Gasteiger partial charge in [0.05, 0.1) is 0 Å². The molecule has 0 bridgehead atoms. The third-order valence-corrected chi connectivity index (χ3v) is 2.71. The van der Waals surface area contributed by atoms with Crippen molar-refractivity contribution in [1.29, 1.82) is 0 Å². The second-order valence-corrected chi connectivity index (χ2v) is 4.24. The molecular weight excluding hydrogens is 222 g/mol. The van der Waals surface area contributed by atoms with Crippen molar-refractivity contribution in [3.63, 3.8) is 0 Å². The zero-order valence-electron chi connectivity index (χ0n) is 9.23. The second-order valence-electron chi connectivity index (χ2n) is 3.87. The van der Waals surface area contributed by atoms with Gasteiger partial charge in [-0.15, -0.1) is 0 Å². The zero-order valence-corrected chi connectivity index (χ0v) is 10.0. The van der Waals surface area contributed by atoms with Gasteiger partial charge >= 0.3 is 0 Å². The van der Waals surface area contributed by atoms with Gasteiger partial charge in [0.25, 0.3) is 5.17 Å². The van der Waals surface area contributed by atoms with Crippen molar-refractivity contribution in [2.24, 2.45) is 0 Å². The Kier molecular flexibility index (Phi) is 3.62. The summed E-state index contributed by atoms with van der Waals surface area (Å²) in [7, 11) is 0. The fraction of sp³-hybridized carbons (Fsp3) is 0.417. The van der Waals surface area contributed by atoms with Gasteiger partial charge in [-0.05, 0) is 31.3 Å². The molecule has 0 radical (unpaired) electrons. The molecular formula is C12H15NO2S.